The highest BCUT2D eigenvalue weighted by Crippen LogP contribution is 2.18. The molecule has 0 saturated carbocycles. The van der Waals surface area contributed by atoms with Crippen molar-refractivity contribution in [3.8, 4) is 11.4 Å². The summed E-state index contributed by atoms with van der Waals surface area (Å²) in [5, 5.41) is 13.9. The molecule has 4 rings (SSSR count). The quantitative estimate of drug-likeness (QED) is 0.369. The lowest BCUT2D eigenvalue weighted by Crippen LogP contribution is -2.36. The number of nitrogens with zero attached hydrogens (tertiary/aromatic N) is 3. The predicted octanol–water partition coefficient (Wildman–Crippen LogP) is 3.15. The first-order valence-electron chi connectivity index (χ1n) is 9.38. The van der Waals surface area contributed by atoms with Crippen LogP contribution in [0.1, 0.15) is 0 Å². The number of fused-ring (bicyclic) bond motifs is 1. The molecule has 9 heteroatoms. The van der Waals surface area contributed by atoms with E-state index in [9.17, 15) is 19.7 Å². The summed E-state index contributed by atoms with van der Waals surface area (Å²) in [7, 11) is 0. The number of rotatable bonds is 6. The molecule has 0 bridgehead atoms. The van der Waals surface area contributed by atoms with Crippen LogP contribution in [-0.4, -0.2) is 27.0 Å². The van der Waals surface area contributed by atoms with E-state index in [1.54, 1.807) is 30.3 Å². The fourth-order valence-corrected chi connectivity index (χ4v) is 3.11. The van der Waals surface area contributed by atoms with Crippen molar-refractivity contribution >= 4 is 28.2 Å². The second kappa shape index (κ2) is 8.46. The minimum atomic E-state index is -0.541. The highest BCUT2D eigenvalue weighted by atomic mass is 16.6. The molecule has 154 valence electrons. The van der Waals surface area contributed by atoms with Crippen LogP contribution >= 0.6 is 0 Å². The number of nitro benzene ring substituents is 1. The molecular formula is C22H17N5O4. The van der Waals surface area contributed by atoms with Gasteiger partial charge < -0.3 is 10.7 Å². The Balaban J connectivity index is 1.62. The lowest BCUT2D eigenvalue weighted by Gasteiger charge is -2.15. The number of amides is 1. The number of para-hydroxylation sites is 1. The van der Waals surface area contributed by atoms with E-state index in [0.717, 1.165) is 0 Å². The van der Waals surface area contributed by atoms with Gasteiger partial charge in [-0.2, -0.15) is 0 Å². The van der Waals surface area contributed by atoms with Gasteiger partial charge in [0.15, 0.2) is 5.82 Å². The Morgan fingerprint density at radius 2 is 1.74 bits per heavy atom. The maximum Gasteiger partial charge on any atom is 0.280 e. The van der Waals surface area contributed by atoms with Crippen molar-refractivity contribution in [1.29, 1.82) is 0 Å². The van der Waals surface area contributed by atoms with Gasteiger partial charge in [0.1, 0.15) is 6.54 Å². The summed E-state index contributed by atoms with van der Waals surface area (Å²) in [5.74, 6) is -0.105. The van der Waals surface area contributed by atoms with Gasteiger partial charge in [-0.25, -0.2) is 9.66 Å². The second-order valence-electron chi connectivity index (χ2n) is 6.65. The molecule has 4 aromatic rings. The van der Waals surface area contributed by atoms with E-state index in [2.05, 4.69) is 15.7 Å². The number of carbonyl (C=O) groups is 1. The van der Waals surface area contributed by atoms with Gasteiger partial charge in [0.25, 0.3) is 11.2 Å². The first kappa shape index (κ1) is 19.8. The van der Waals surface area contributed by atoms with E-state index in [4.69, 9.17) is 0 Å². The normalized spacial score (nSPS) is 10.6. The number of anilines is 1. The van der Waals surface area contributed by atoms with Crippen LogP contribution in [0.25, 0.3) is 22.3 Å². The van der Waals surface area contributed by atoms with Gasteiger partial charge in [-0.05, 0) is 18.2 Å². The van der Waals surface area contributed by atoms with Gasteiger partial charge >= 0.3 is 0 Å². The van der Waals surface area contributed by atoms with Crippen LogP contribution in [0.3, 0.4) is 0 Å². The summed E-state index contributed by atoms with van der Waals surface area (Å²) in [4.78, 5) is 40.4. The lowest BCUT2D eigenvalue weighted by atomic mass is 10.2. The molecule has 1 aromatic heterocycles. The summed E-state index contributed by atoms with van der Waals surface area (Å²) < 4.78 is 1.24. The fraction of sp³-hybridized carbons (Fsp3) is 0.0455. The van der Waals surface area contributed by atoms with Gasteiger partial charge in [0.2, 0.25) is 5.91 Å². The number of hydrogen-bond acceptors (Lipinski definition) is 6. The molecule has 0 unspecified atom stereocenters. The van der Waals surface area contributed by atoms with Crippen LogP contribution in [0.5, 0.6) is 0 Å². The van der Waals surface area contributed by atoms with Crippen molar-refractivity contribution in [2.24, 2.45) is 0 Å². The fourth-order valence-electron chi connectivity index (χ4n) is 3.11. The Morgan fingerprint density at radius 3 is 2.52 bits per heavy atom. The van der Waals surface area contributed by atoms with Gasteiger partial charge in [-0.1, -0.05) is 48.5 Å². The number of non-ortho nitro benzene ring substituents is 1. The van der Waals surface area contributed by atoms with Crippen LogP contribution in [0.2, 0.25) is 0 Å². The van der Waals surface area contributed by atoms with E-state index in [-0.39, 0.29) is 23.5 Å². The summed E-state index contributed by atoms with van der Waals surface area (Å²) in [6, 6.07) is 21.7. The molecule has 31 heavy (non-hydrogen) atoms. The first-order valence-corrected chi connectivity index (χ1v) is 9.38. The van der Waals surface area contributed by atoms with E-state index in [1.807, 2.05) is 30.3 Å². The molecular weight excluding hydrogens is 398 g/mol. The third-order valence-corrected chi connectivity index (χ3v) is 4.55. The van der Waals surface area contributed by atoms with Gasteiger partial charge in [-0.15, -0.1) is 0 Å². The molecule has 3 aromatic carbocycles. The summed E-state index contributed by atoms with van der Waals surface area (Å²) in [5.41, 5.74) is 3.89. The molecule has 9 nitrogen and oxygen atoms in total. The molecule has 0 saturated heterocycles. The van der Waals surface area contributed by atoms with Crippen LogP contribution in [0, 0.1) is 10.1 Å². The van der Waals surface area contributed by atoms with Gasteiger partial charge in [-0.3, -0.25) is 19.7 Å². The highest BCUT2D eigenvalue weighted by molar-refractivity contribution is 5.93. The Bertz CT molecular complexity index is 1330. The number of hydrogen-bond donors (Lipinski definition) is 2. The molecule has 0 aliphatic carbocycles. The lowest BCUT2D eigenvalue weighted by molar-refractivity contribution is -0.384. The Kier molecular flexibility index (Phi) is 5.39. The van der Waals surface area contributed by atoms with Crippen LogP contribution in [0.4, 0.5) is 11.4 Å². The second-order valence-corrected chi connectivity index (χ2v) is 6.65. The predicted molar refractivity (Wildman–Crippen MR) is 117 cm³/mol. The molecule has 0 fully saturated rings. The average molecular weight is 415 g/mol. The van der Waals surface area contributed by atoms with Crippen molar-refractivity contribution in [1.82, 2.24) is 9.66 Å². The van der Waals surface area contributed by atoms with Crippen molar-refractivity contribution in [2.45, 2.75) is 0 Å². The number of nitrogens with one attached hydrogen (secondary N) is 2. The molecule has 2 N–H and O–H groups in total. The molecule has 1 heterocycles. The standard InChI is InChI=1S/C22H17N5O4/c28-20(24-16-9-6-10-17(13-16)27(30)31)14-23-26-21(15-7-2-1-3-8-15)25-19-12-5-4-11-18(19)22(26)29/h1-13,23H,14H2,(H,24,28). The zero-order chi connectivity index (χ0) is 21.8. The van der Waals surface area contributed by atoms with E-state index < -0.39 is 10.8 Å². The monoisotopic (exact) mass is 415 g/mol. The van der Waals surface area contributed by atoms with Crippen LogP contribution in [-0.2, 0) is 4.79 Å². The summed E-state index contributed by atoms with van der Waals surface area (Å²) in [6.45, 7) is -0.248. The summed E-state index contributed by atoms with van der Waals surface area (Å²) in [6.07, 6.45) is 0. The van der Waals surface area contributed by atoms with E-state index in [1.165, 1.54) is 22.9 Å². The topological polar surface area (TPSA) is 119 Å². The maximum atomic E-state index is 13.1. The van der Waals surface area contributed by atoms with Crippen molar-refractivity contribution in [2.75, 3.05) is 17.3 Å². The number of nitro groups is 1. The molecule has 0 aliphatic heterocycles. The Hall–Kier alpha value is -4.53. The maximum absolute atomic E-state index is 13.1. The molecule has 0 aliphatic rings. The molecule has 0 radical (unpaired) electrons. The third-order valence-electron chi connectivity index (χ3n) is 4.55. The van der Waals surface area contributed by atoms with Crippen LogP contribution < -0.4 is 16.3 Å². The summed E-state index contributed by atoms with van der Waals surface area (Å²) >= 11 is 0. The average Bonchev–Trinajstić information content (AvgIpc) is 2.79. The number of benzene rings is 3. The van der Waals surface area contributed by atoms with Crippen LogP contribution in [0.15, 0.2) is 83.7 Å². The van der Waals surface area contributed by atoms with Crippen molar-refractivity contribution in [3.05, 3.63) is 99.3 Å². The van der Waals surface area contributed by atoms with Crippen molar-refractivity contribution < 1.29 is 9.72 Å². The van der Waals surface area contributed by atoms with Gasteiger partial charge in [0, 0.05) is 23.4 Å². The molecule has 0 spiro atoms. The molecule has 1 amide bonds. The number of carbonyl (C=O) groups excluding carboxylic acids is 1. The van der Waals surface area contributed by atoms with Crippen molar-refractivity contribution in [3.63, 3.8) is 0 Å². The van der Waals surface area contributed by atoms with Gasteiger partial charge in [0.05, 0.1) is 15.8 Å². The zero-order valence-corrected chi connectivity index (χ0v) is 16.2. The SMILES string of the molecule is O=C(CNn1c(-c2ccccc2)nc2ccccc2c1=O)Nc1cccc([N+](=O)[O-])c1. The highest BCUT2D eigenvalue weighted by Gasteiger charge is 2.14. The number of aromatic nitrogens is 2. The van der Waals surface area contributed by atoms with E-state index >= 15 is 0 Å². The molecule has 0 atom stereocenters. The minimum absolute atomic E-state index is 0.132. The minimum Gasteiger partial charge on any atom is -0.324 e. The first-order chi connectivity index (χ1) is 15.0. The smallest absolute Gasteiger partial charge is 0.280 e. The largest absolute Gasteiger partial charge is 0.324 e. The Morgan fingerprint density at radius 1 is 1.00 bits per heavy atom. The third kappa shape index (κ3) is 4.25. The Labute approximate surface area is 176 Å². The van der Waals surface area contributed by atoms with E-state index in [0.29, 0.717) is 22.3 Å². The zero-order valence-electron chi connectivity index (χ0n) is 16.2.